The van der Waals surface area contributed by atoms with E-state index in [-0.39, 0.29) is 5.69 Å². The van der Waals surface area contributed by atoms with E-state index in [0.717, 1.165) is 18.7 Å². The smallest absolute Gasteiger partial charge is 0.149 e. The lowest BCUT2D eigenvalue weighted by Gasteiger charge is -2.34. The quantitative estimate of drug-likeness (QED) is 0.890. The van der Waals surface area contributed by atoms with Crippen molar-refractivity contribution in [2.45, 2.75) is 45.0 Å². The molecule has 118 valence electrons. The van der Waals surface area contributed by atoms with Gasteiger partial charge in [0.1, 0.15) is 17.3 Å². The molecule has 0 radical (unpaired) electrons. The number of nitrogens with one attached hydrogen (secondary N) is 1. The van der Waals surface area contributed by atoms with E-state index in [9.17, 15) is 8.78 Å². The summed E-state index contributed by atoms with van der Waals surface area (Å²) in [7, 11) is 0. The number of thioether (sulfide) groups is 1. The number of rotatable bonds is 5. The van der Waals surface area contributed by atoms with Gasteiger partial charge in [0.2, 0.25) is 0 Å². The lowest BCUT2D eigenvalue weighted by molar-refractivity contribution is 0.552. The normalized spacial score (nSPS) is 19.3. The largest absolute Gasteiger partial charge is 0.365 e. The first kappa shape index (κ1) is 16.6. The first-order valence-corrected chi connectivity index (χ1v) is 8.64. The second kappa shape index (κ2) is 7.45. The summed E-state index contributed by atoms with van der Waals surface area (Å²) in [6.45, 7) is 8.06. The van der Waals surface area contributed by atoms with Crippen LogP contribution in [-0.4, -0.2) is 30.1 Å². The van der Waals surface area contributed by atoms with Gasteiger partial charge in [-0.25, -0.2) is 8.78 Å². The van der Waals surface area contributed by atoms with E-state index in [0.29, 0.717) is 29.9 Å². The zero-order valence-corrected chi connectivity index (χ0v) is 13.8. The zero-order chi connectivity index (χ0) is 15.4. The van der Waals surface area contributed by atoms with Gasteiger partial charge in [-0.3, -0.25) is 0 Å². The minimum absolute atomic E-state index is 0.141. The highest BCUT2D eigenvalue weighted by Gasteiger charge is 2.24. The standard InChI is InChI=1S/C16H24F2N2S/c1-4-13-10-20(5-6-21-13)16-14(17)7-12(8-15(16)18)9-19-11(2)3/h7-8,11,13,19H,4-6,9-10H2,1-3H3. The molecule has 1 heterocycles. The minimum Gasteiger partial charge on any atom is -0.365 e. The van der Waals surface area contributed by atoms with Gasteiger partial charge in [-0.05, 0) is 24.1 Å². The number of anilines is 1. The number of hydrogen-bond donors (Lipinski definition) is 1. The third kappa shape index (κ3) is 4.33. The Balaban J connectivity index is 2.16. The summed E-state index contributed by atoms with van der Waals surface area (Å²) in [6.07, 6.45) is 1.03. The van der Waals surface area contributed by atoms with E-state index in [2.05, 4.69) is 12.2 Å². The number of hydrogen-bond acceptors (Lipinski definition) is 3. The van der Waals surface area contributed by atoms with Crippen molar-refractivity contribution in [1.82, 2.24) is 5.32 Å². The van der Waals surface area contributed by atoms with Crippen molar-refractivity contribution in [1.29, 1.82) is 0 Å². The second-order valence-corrected chi connectivity index (χ2v) is 7.20. The summed E-state index contributed by atoms with van der Waals surface area (Å²) in [5.41, 5.74) is 0.794. The van der Waals surface area contributed by atoms with Crippen LogP contribution >= 0.6 is 11.8 Å². The first-order valence-electron chi connectivity index (χ1n) is 7.59. The molecular formula is C16H24F2N2S. The summed E-state index contributed by atoms with van der Waals surface area (Å²) >= 11 is 1.89. The van der Waals surface area contributed by atoms with Crippen LogP contribution in [0, 0.1) is 11.6 Å². The molecule has 0 spiro atoms. The zero-order valence-electron chi connectivity index (χ0n) is 13.0. The topological polar surface area (TPSA) is 15.3 Å². The van der Waals surface area contributed by atoms with Gasteiger partial charge in [-0.1, -0.05) is 20.8 Å². The van der Waals surface area contributed by atoms with Crippen molar-refractivity contribution >= 4 is 17.4 Å². The van der Waals surface area contributed by atoms with Crippen LogP contribution in [0.1, 0.15) is 32.8 Å². The maximum Gasteiger partial charge on any atom is 0.149 e. The van der Waals surface area contributed by atoms with E-state index < -0.39 is 11.6 Å². The van der Waals surface area contributed by atoms with Crippen molar-refractivity contribution < 1.29 is 8.78 Å². The van der Waals surface area contributed by atoms with E-state index in [4.69, 9.17) is 0 Å². The molecule has 1 aromatic carbocycles. The molecule has 2 rings (SSSR count). The van der Waals surface area contributed by atoms with E-state index >= 15 is 0 Å². The minimum atomic E-state index is -0.447. The monoisotopic (exact) mass is 314 g/mol. The first-order chi connectivity index (χ1) is 10.0. The summed E-state index contributed by atoms with van der Waals surface area (Å²) in [4.78, 5) is 1.86. The van der Waals surface area contributed by atoms with E-state index in [1.807, 2.05) is 30.5 Å². The maximum absolute atomic E-state index is 14.3. The van der Waals surface area contributed by atoms with Gasteiger partial charge in [0.05, 0.1) is 0 Å². The molecule has 1 N–H and O–H groups in total. The Labute approximate surface area is 130 Å². The number of nitrogens with zero attached hydrogens (tertiary/aromatic N) is 1. The molecule has 2 nitrogen and oxygen atoms in total. The van der Waals surface area contributed by atoms with Crippen LogP contribution in [0.5, 0.6) is 0 Å². The fourth-order valence-corrected chi connectivity index (χ4v) is 3.69. The molecule has 0 amide bonds. The highest BCUT2D eigenvalue weighted by molar-refractivity contribution is 8.00. The molecular weight excluding hydrogens is 290 g/mol. The molecule has 0 saturated carbocycles. The van der Waals surface area contributed by atoms with Gasteiger partial charge in [-0.15, -0.1) is 0 Å². The van der Waals surface area contributed by atoms with E-state index in [1.165, 1.54) is 12.1 Å². The third-order valence-corrected chi connectivity index (χ3v) is 5.07. The van der Waals surface area contributed by atoms with Crippen molar-refractivity contribution in [3.05, 3.63) is 29.3 Å². The second-order valence-electron chi connectivity index (χ2n) is 5.79. The molecule has 0 bridgehead atoms. The molecule has 0 aliphatic carbocycles. The van der Waals surface area contributed by atoms with Gasteiger partial charge in [0.15, 0.2) is 0 Å². The van der Waals surface area contributed by atoms with Crippen molar-refractivity contribution in [3.8, 4) is 0 Å². The van der Waals surface area contributed by atoms with Crippen LogP contribution in [0.15, 0.2) is 12.1 Å². The number of halogens is 2. The average Bonchev–Trinajstić information content (AvgIpc) is 2.44. The van der Waals surface area contributed by atoms with Gasteiger partial charge >= 0.3 is 0 Å². The molecule has 1 aliphatic rings. The lowest BCUT2D eigenvalue weighted by atomic mass is 10.1. The predicted molar refractivity (Wildman–Crippen MR) is 87.1 cm³/mol. The van der Waals surface area contributed by atoms with Crippen LogP contribution in [-0.2, 0) is 6.54 Å². The third-order valence-electron chi connectivity index (χ3n) is 3.70. The predicted octanol–water partition coefficient (Wildman–Crippen LogP) is 3.79. The number of benzene rings is 1. The average molecular weight is 314 g/mol. The van der Waals surface area contributed by atoms with Crippen molar-refractivity contribution in [2.24, 2.45) is 0 Å². The Kier molecular flexibility index (Phi) is 5.88. The highest BCUT2D eigenvalue weighted by Crippen LogP contribution is 2.30. The maximum atomic E-state index is 14.3. The lowest BCUT2D eigenvalue weighted by Crippen LogP contribution is -2.38. The summed E-state index contributed by atoms with van der Waals surface area (Å²) in [5, 5.41) is 3.64. The molecule has 1 aromatic rings. The summed E-state index contributed by atoms with van der Waals surface area (Å²) < 4.78 is 28.7. The molecule has 0 aromatic heterocycles. The molecule has 5 heteroatoms. The van der Waals surface area contributed by atoms with Crippen molar-refractivity contribution in [3.63, 3.8) is 0 Å². The molecule has 1 atom stereocenters. The molecule has 1 saturated heterocycles. The molecule has 1 unspecified atom stereocenters. The van der Waals surface area contributed by atoms with Crippen LogP contribution < -0.4 is 10.2 Å². The molecule has 1 fully saturated rings. The van der Waals surface area contributed by atoms with Crippen LogP contribution in [0.25, 0.3) is 0 Å². The van der Waals surface area contributed by atoms with Gasteiger partial charge in [0.25, 0.3) is 0 Å². The van der Waals surface area contributed by atoms with Gasteiger partial charge < -0.3 is 10.2 Å². The fourth-order valence-electron chi connectivity index (χ4n) is 2.51. The van der Waals surface area contributed by atoms with Gasteiger partial charge in [-0.2, -0.15) is 11.8 Å². The Morgan fingerprint density at radius 1 is 1.33 bits per heavy atom. The fraction of sp³-hybridized carbons (Fsp3) is 0.625. The molecule has 21 heavy (non-hydrogen) atoms. The van der Waals surface area contributed by atoms with Crippen LogP contribution in [0.2, 0.25) is 0 Å². The van der Waals surface area contributed by atoms with Crippen LogP contribution in [0.4, 0.5) is 14.5 Å². The summed E-state index contributed by atoms with van der Waals surface area (Å²) in [5.74, 6) is 0.0308. The van der Waals surface area contributed by atoms with Crippen LogP contribution in [0.3, 0.4) is 0 Å². The SMILES string of the molecule is CCC1CN(c2c(F)cc(CNC(C)C)cc2F)CCS1. The summed E-state index contributed by atoms with van der Waals surface area (Å²) in [6, 6.07) is 3.20. The van der Waals surface area contributed by atoms with Gasteiger partial charge in [0, 0.05) is 36.7 Å². The van der Waals surface area contributed by atoms with E-state index in [1.54, 1.807) is 0 Å². The highest BCUT2D eigenvalue weighted by atomic mass is 32.2. The Hall–Kier alpha value is -0.810. The molecule has 1 aliphatic heterocycles. The van der Waals surface area contributed by atoms with Crippen molar-refractivity contribution in [2.75, 3.05) is 23.7 Å². The Morgan fingerprint density at radius 2 is 2.00 bits per heavy atom. The Morgan fingerprint density at radius 3 is 2.57 bits per heavy atom. The Bertz CT molecular complexity index is 456.